The second kappa shape index (κ2) is 7.14. The van der Waals surface area contributed by atoms with Crippen LogP contribution in [0.1, 0.15) is 16.5 Å². The number of alkyl halides is 1. The van der Waals surface area contributed by atoms with Crippen LogP contribution in [0, 0.1) is 5.82 Å². The van der Waals surface area contributed by atoms with Gasteiger partial charge in [-0.25, -0.2) is 4.39 Å². The fourth-order valence-electron chi connectivity index (χ4n) is 2.09. The molecule has 0 radical (unpaired) electrons. The van der Waals surface area contributed by atoms with E-state index in [1.165, 1.54) is 20.3 Å². The minimum Gasteiger partial charge on any atom is -0.493 e. The van der Waals surface area contributed by atoms with Crippen LogP contribution < -0.4 is 9.47 Å². The van der Waals surface area contributed by atoms with Crippen LogP contribution in [0.5, 0.6) is 11.5 Å². The normalized spacial score (nSPS) is 12.0. The maximum atomic E-state index is 14.2. The molecule has 2 aromatic carbocycles. The Morgan fingerprint density at radius 1 is 1.14 bits per heavy atom. The second-order valence-corrected chi connectivity index (χ2v) is 5.97. The summed E-state index contributed by atoms with van der Waals surface area (Å²) in [5.74, 6) is 0.418. The smallest absolute Gasteiger partial charge is 0.163 e. The van der Waals surface area contributed by atoms with Gasteiger partial charge in [0, 0.05) is 16.1 Å². The van der Waals surface area contributed by atoms with Gasteiger partial charge >= 0.3 is 0 Å². The first-order valence-corrected chi connectivity index (χ1v) is 7.58. The molecule has 0 aliphatic heterocycles. The lowest BCUT2D eigenvalue weighted by Gasteiger charge is -2.15. The van der Waals surface area contributed by atoms with Gasteiger partial charge in [-0.3, -0.25) is 0 Å². The van der Waals surface area contributed by atoms with Crippen LogP contribution in [0.15, 0.2) is 40.9 Å². The lowest BCUT2D eigenvalue weighted by atomic mass is 10.0. The fraction of sp³-hybridized carbons (Fsp3) is 0.250. The standard InChI is InChI=1S/C16H15BrClFO2/c1-20-15-8-12(14(19)9-16(15)21-2)13(18)7-10-4-3-5-11(17)6-10/h3-6,8-9,13H,7H2,1-2H3. The molecule has 0 saturated heterocycles. The predicted octanol–water partition coefficient (Wildman–Crippen LogP) is 5.13. The van der Waals surface area contributed by atoms with Gasteiger partial charge in [-0.2, -0.15) is 0 Å². The van der Waals surface area contributed by atoms with Gasteiger partial charge in [-0.05, 0) is 30.2 Å². The number of ether oxygens (including phenoxy) is 2. The number of hydrogen-bond acceptors (Lipinski definition) is 2. The van der Waals surface area contributed by atoms with E-state index >= 15 is 0 Å². The van der Waals surface area contributed by atoms with Crippen LogP contribution in [0.25, 0.3) is 0 Å². The molecule has 0 heterocycles. The lowest BCUT2D eigenvalue weighted by molar-refractivity contribution is 0.351. The Labute approximate surface area is 137 Å². The van der Waals surface area contributed by atoms with E-state index in [0.29, 0.717) is 23.5 Å². The van der Waals surface area contributed by atoms with Crippen LogP contribution in [0.2, 0.25) is 0 Å². The van der Waals surface area contributed by atoms with Gasteiger partial charge in [0.25, 0.3) is 0 Å². The molecule has 1 atom stereocenters. The molecule has 0 amide bonds. The van der Waals surface area contributed by atoms with Gasteiger partial charge in [0.2, 0.25) is 0 Å². The van der Waals surface area contributed by atoms with Gasteiger partial charge in [-0.1, -0.05) is 28.1 Å². The molecular weight excluding hydrogens is 359 g/mol. The minimum absolute atomic E-state index is 0.352. The van der Waals surface area contributed by atoms with E-state index in [1.54, 1.807) is 6.07 Å². The van der Waals surface area contributed by atoms with Crippen LogP contribution in [-0.4, -0.2) is 14.2 Å². The zero-order chi connectivity index (χ0) is 15.4. The van der Waals surface area contributed by atoms with Crippen LogP contribution >= 0.6 is 27.5 Å². The monoisotopic (exact) mass is 372 g/mol. The molecule has 112 valence electrons. The highest BCUT2D eigenvalue weighted by atomic mass is 79.9. The maximum absolute atomic E-state index is 14.2. The molecule has 0 aliphatic rings. The molecule has 0 bridgehead atoms. The molecule has 2 rings (SSSR count). The van der Waals surface area contributed by atoms with Crippen molar-refractivity contribution in [3.05, 3.63) is 57.8 Å². The van der Waals surface area contributed by atoms with E-state index in [-0.39, 0.29) is 0 Å². The Bertz CT molecular complexity index is 634. The van der Waals surface area contributed by atoms with Crippen molar-refractivity contribution in [3.63, 3.8) is 0 Å². The summed E-state index contributed by atoms with van der Waals surface area (Å²) < 4.78 is 25.4. The molecule has 21 heavy (non-hydrogen) atoms. The van der Waals surface area contributed by atoms with Gasteiger partial charge < -0.3 is 9.47 Å². The molecule has 0 spiro atoms. The molecule has 0 aromatic heterocycles. The third kappa shape index (κ3) is 3.89. The topological polar surface area (TPSA) is 18.5 Å². The summed E-state index contributed by atoms with van der Waals surface area (Å²) in [4.78, 5) is 0. The highest BCUT2D eigenvalue weighted by Crippen LogP contribution is 2.36. The molecule has 0 fully saturated rings. The van der Waals surface area contributed by atoms with E-state index in [4.69, 9.17) is 21.1 Å². The first-order chi connectivity index (χ1) is 10.0. The number of methoxy groups -OCH3 is 2. The highest BCUT2D eigenvalue weighted by molar-refractivity contribution is 9.10. The van der Waals surface area contributed by atoms with E-state index in [0.717, 1.165) is 10.0 Å². The fourth-order valence-corrected chi connectivity index (χ4v) is 2.88. The number of hydrogen-bond donors (Lipinski definition) is 0. The van der Waals surface area contributed by atoms with Crippen molar-refractivity contribution in [2.45, 2.75) is 11.8 Å². The van der Waals surface area contributed by atoms with E-state index in [9.17, 15) is 4.39 Å². The summed E-state index contributed by atoms with van der Waals surface area (Å²) in [6.07, 6.45) is 0.521. The first-order valence-electron chi connectivity index (χ1n) is 6.35. The molecule has 2 aromatic rings. The molecule has 1 unspecified atom stereocenters. The van der Waals surface area contributed by atoms with Gasteiger partial charge in [-0.15, -0.1) is 11.6 Å². The van der Waals surface area contributed by atoms with Crippen molar-refractivity contribution in [2.24, 2.45) is 0 Å². The Morgan fingerprint density at radius 2 is 1.81 bits per heavy atom. The molecule has 0 N–H and O–H groups in total. The highest BCUT2D eigenvalue weighted by Gasteiger charge is 2.18. The zero-order valence-corrected chi connectivity index (χ0v) is 14.0. The first kappa shape index (κ1) is 16.1. The van der Waals surface area contributed by atoms with Gasteiger partial charge in [0.05, 0.1) is 19.6 Å². The Morgan fingerprint density at radius 3 is 2.43 bits per heavy atom. The molecule has 2 nitrogen and oxygen atoms in total. The predicted molar refractivity (Wildman–Crippen MR) is 85.9 cm³/mol. The molecule has 0 aliphatic carbocycles. The van der Waals surface area contributed by atoms with Crippen LogP contribution in [0.4, 0.5) is 4.39 Å². The Hall–Kier alpha value is -1.26. The van der Waals surface area contributed by atoms with E-state index < -0.39 is 11.2 Å². The SMILES string of the molecule is COc1cc(F)c(C(Cl)Cc2cccc(Br)c2)cc1OC. The summed E-state index contributed by atoms with van der Waals surface area (Å²) >= 11 is 9.78. The number of benzene rings is 2. The Kier molecular flexibility index (Phi) is 5.48. The van der Waals surface area contributed by atoms with Gasteiger partial charge in [0.1, 0.15) is 5.82 Å². The van der Waals surface area contributed by atoms with E-state index in [2.05, 4.69) is 15.9 Å². The van der Waals surface area contributed by atoms with E-state index in [1.807, 2.05) is 24.3 Å². The molecular formula is C16H15BrClFO2. The van der Waals surface area contributed by atoms with Crippen LogP contribution in [-0.2, 0) is 6.42 Å². The average molecular weight is 374 g/mol. The average Bonchev–Trinajstić information content (AvgIpc) is 2.46. The Balaban J connectivity index is 2.28. The summed E-state index contributed by atoms with van der Waals surface area (Å²) in [6.45, 7) is 0. The van der Waals surface area contributed by atoms with Crippen molar-refractivity contribution >= 4 is 27.5 Å². The summed E-state index contributed by atoms with van der Waals surface area (Å²) in [6, 6.07) is 10.7. The van der Waals surface area contributed by atoms with Gasteiger partial charge in [0.15, 0.2) is 11.5 Å². The van der Waals surface area contributed by atoms with Crippen molar-refractivity contribution in [1.82, 2.24) is 0 Å². The van der Waals surface area contributed by atoms with Crippen molar-refractivity contribution in [3.8, 4) is 11.5 Å². The number of rotatable bonds is 5. The van der Waals surface area contributed by atoms with Crippen molar-refractivity contribution < 1.29 is 13.9 Å². The third-order valence-corrected chi connectivity index (χ3v) is 4.03. The lowest BCUT2D eigenvalue weighted by Crippen LogP contribution is -2.01. The summed E-state index contributed by atoms with van der Waals surface area (Å²) in [5.41, 5.74) is 1.42. The summed E-state index contributed by atoms with van der Waals surface area (Å²) in [7, 11) is 2.98. The largest absolute Gasteiger partial charge is 0.493 e. The maximum Gasteiger partial charge on any atom is 0.163 e. The van der Waals surface area contributed by atoms with Crippen molar-refractivity contribution in [2.75, 3.05) is 14.2 Å². The van der Waals surface area contributed by atoms with Crippen molar-refractivity contribution in [1.29, 1.82) is 0 Å². The minimum atomic E-state index is -0.487. The quantitative estimate of drug-likeness (QED) is 0.677. The molecule has 0 saturated carbocycles. The molecule has 5 heteroatoms. The zero-order valence-electron chi connectivity index (χ0n) is 11.7. The third-order valence-electron chi connectivity index (χ3n) is 3.14. The van der Waals surface area contributed by atoms with Crippen LogP contribution in [0.3, 0.4) is 0 Å². The number of halogens is 3. The second-order valence-electron chi connectivity index (χ2n) is 4.53. The summed E-state index contributed by atoms with van der Waals surface area (Å²) in [5, 5.41) is -0.487.